The van der Waals surface area contributed by atoms with Crippen LogP contribution < -0.4 is 10.2 Å². The summed E-state index contributed by atoms with van der Waals surface area (Å²) in [5.74, 6) is -1.52. The molecule has 7 nitrogen and oxygen atoms in total. The molecule has 1 aliphatic heterocycles. The van der Waals surface area contributed by atoms with Gasteiger partial charge >= 0.3 is 0 Å². The van der Waals surface area contributed by atoms with Gasteiger partial charge in [0.25, 0.3) is 0 Å². The number of carbonyl (C=O) groups is 2. The minimum absolute atomic E-state index is 0.115. The zero-order chi connectivity index (χ0) is 23.7. The highest BCUT2D eigenvalue weighted by Crippen LogP contribution is 2.33. The topological polar surface area (TPSA) is 86.8 Å². The molecule has 1 saturated heterocycles. The molecule has 2 aromatic carbocycles. The fourth-order valence-electron chi connectivity index (χ4n) is 3.95. The second-order valence-corrected chi connectivity index (χ2v) is 10.5. The molecule has 0 unspecified atom stereocenters. The first-order valence-electron chi connectivity index (χ1n) is 10.4. The van der Waals surface area contributed by atoms with Crippen molar-refractivity contribution in [2.24, 2.45) is 0 Å². The van der Waals surface area contributed by atoms with Crippen LogP contribution in [0.1, 0.15) is 30.5 Å². The summed E-state index contributed by atoms with van der Waals surface area (Å²) < 4.78 is 39.4. The smallest absolute Gasteiger partial charge is 0.247 e. The van der Waals surface area contributed by atoms with E-state index in [0.29, 0.717) is 11.3 Å². The van der Waals surface area contributed by atoms with E-state index < -0.39 is 27.4 Å². The number of anilines is 1. The summed E-state index contributed by atoms with van der Waals surface area (Å²) in [6.45, 7) is 6.47. The second-order valence-electron chi connectivity index (χ2n) is 8.27. The van der Waals surface area contributed by atoms with Crippen LogP contribution in [0, 0.1) is 19.7 Å². The molecule has 3 rings (SSSR count). The number of aryl methyl sites for hydroxylation is 2. The van der Waals surface area contributed by atoms with E-state index in [-0.39, 0.29) is 31.2 Å². The van der Waals surface area contributed by atoms with Crippen molar-refractivity contribution in [3.63, 3.8) is 0 Å². The van der Waals surface area contributed by atoms with Crippen LogP contribution in [0.3, 0.4) is 0 Å². The summed E-state index contributed by atoms with van der Waals surface area (Å²) in [5, 5.41) is 2.79. The van der Waals surface area contributed by atoms with Crippen LogP contribution in [0.5, 0.6) is 0 Å². The molecular formula is C23H28FN3O4S. The molecule has 32 heavy (non-hydrogen) atoms. The zero-order valence-corrected chi connectivity index (χ0v) is 19.5. The average Bonchev–Trinajstić information content (AvgIpc) is 2.74. The van der Waals surface area contributed by atoms with Gasteiger partial charge in [-0.25, -0.2) is 12.8 Å². The van der Waals surface area contributed by atoms with Crippen molar-refractivity contribution in [2.75, 3.05) is 23.7 Å². The minimum atomic E-state index is -3.69. The molecule has 172 valence electrons. The highest BCUT2D eigenvalue weighted by molar-refractivity contribution is 7.89. The number of carbonyl (C=O) groups excluding carboxylic acids is 2. The third kappa shape index (κ3) is 4.68. The quantitative estimate of drug-likeness (QED) is 0.716. The second kappa shape index (κ2) is 8.99. The van der Waals surface area contributed by atoms with E-state index in [1.54, 1.807) is 25.1 Å². The lowest BCUT2D eigenvalue weighted by Crippen LogP contribution is -2.70. The lowest BCUT2D eigenvalue weighted by Gasteiger charge is -2.47. The molecular weight excluding hydrogens is 433 g/mol. The molecule has 0 radical (unpaired) electrons. The maximum absolute atomic E-state index is 13.4. The van der Waals surface area contributed by atoms with Crippen molar-refractivity contribution in [3.8, 4) is 0 Å². The van der Waals surface area contributed by atoms with Crippen LogP contribution in [-0.4, -0.2) is 48.9 Å². The Bertz CT molecular complexity index is 1130. The summed E-state index contributed by atoms with van der Waals surface area (Å²) in [5.41, 5.74) is 1.59. The van der Waals surface area contributed by atoms with E-state index in [4.69, 9.17) is 0 Å². The molecule has 2 aromatic rings. The lowest BCUT2D eigenvalue weighted by atomic mass is 9.93. The number of amides is 2. The van der Waals surface area contributed by atoms with E-state index in [0.717, 1.165) is 15.4 Å². The van der Waals surface area contributed by atoms with Crippen molar-refractivity contribution in [2.45, 2.75) is 39.8 Å². The maximum Gasteiger partial charge on any atom is 0.247 e. The Labute approximate surface area is 188 Å². The third-order valence-electron chi connectivity index (χ3n) is 5.75. The monoisotopic (exact) mass is 461 g/mol. The normalized spacial score (nSPS) is 19.8. The Morgan fingerprint density at radius 3 is 2.41 bits per heavy atom. The number of hydrogen-bond donors (Lipinski definition) is 1. The van der Waals surface area contributed by atoms with Gasteiger partial charge in [0.15, 0.2) is 0 Å². The zero-order valence-electron chi connectivity index (χ0n) is 18.7. The molecule has 0 aromatic heterocycles. The van der Waals surface area contributed by atoms with Crippen LogP contribution >= 0.6 is 0 Å². The Hall–Kier alpha value is -2.78. The van der Waals surface area contributed by atoms with Crippen LogP contribution in [-0.2, 0) is 26.2 Å². The maximum atomic E-state index is 13.4. The predicted octanol–water partition coefficient (Wildman–Crippen LogP) is 2.52. The van der Waals surface area contributed by atoms with E-state index in [9.17, 15) is 22.4 Å². The Morgan fingerprint density at radius 1 is 1.16 bits per heavy atom. The molecule has 1 fully saturated rings. The summed E-state index contributed by atoms with van der Waals surface area (Å²) in [4.78, 5) is 28.1. The minimum Gasteiger partial charge on any atom is -0.350 e. The summed E-state index contributed by atoms with van der Waals surface area (Å²) in [7, 11) is -3.69. The lowest BCUT2D eigenvalue weighted by molar-refractivity contribution is -0.133. The van der Waals surface area contributed by atoms with Crippen LogP contribution in [0.15, 0.2) is 42.5 Å². The number of piperazine rings is 1. The van der Waals surface area contributed by atoms with Crippen molar-refractivity contribution in [1.29, 1.82) is 0 Å². The van der Waals surface area contributed by atoms with E-state index in [1.807, 2.05) is 26.0 Å². The van der Waals surface area contributed by atoms with Crippen LogP contribution in [0.4, 0.5) is 10.1 Å². The number of rotatable bonds is 6. The number of halogens is 1. The standard InChI is InChI=1S/C23H28FN3O4S/c1-5-32(30,31)26-14-21(28)27(20-11-6-16(2)12-17(20)3)23(4,15-26)22(29)25-13-18-7-9-19(24)10-8-18/h6-12H,5,13-15H2,1-4H3,(H,25,29)/t23-/m0/s1. The van der Waals surface area contributed by atoms with Gasteiger partial charge in [-0.05, 0) is 57.0 Å². The Kier molecular flexibility index (Phi) is 6.71. The van der Waals surface area contributed by atoms with Gasteiger partial charge in [-0.3, -0.25) is 14.5 Å². The first-order chi connectivity index (χ1) is 15.0. The SMILES string of the molecule is CCS(=O)(=O)N1CC(=O)N(c2ccc(C)cc2C)[C@](C)(C(=O)NCc2ccc(F)cc2)C1. The van der Waals surface area contributed by atoms with Crippen LogP contribution in [0.25, 0.3) is 0 Å². The fourth-order valence-corrected chi connectivity index (χ4v) is 5.07. The molecule has 1 atom stereocenters. The van der Waals surface area contributed by atoms with Gasteiger partial charge in [0.05, 0.1) is 12.3 Å². The number of nitrogens with one attached hydrogen (secondary N) is 1. The van der Waals surface area contributed by atoms with Crippen molar-refractivity contribution in [1.82, 2.24) is 9.62 Å². The first kappa shape index (κ1) is 23.9. The van der Waals surface area contributed by atoms with Gasteiger partial charge in [-0.1, -0.05) is 29.8 Å². The largest absolute Gasteiger partial charge is 0.350 e. The molecule has 1 N–H and O–H groups in total. The van der Waals surface area contributed by atoms with Gasteiger partial charge < -0.3 is 5.32 Å². The Balaban J connectivity index is 1.99. The van der Waals surface area contributed by atoms with Gasteiger partial charge in [0, 0.05) is 18.8 Å². The first-order valence-corrected chi connectivity index (χ1v) is 12.0. The van der Waals surface area contributed by atoms with E-state index in [2.05, 4.69) is 5.32 Å². The molecule has 1 aliphatic rings. The van der Waals surface area contributed by atoms with E-state index >= 15 is 0 Å². The molecule has 0 aliphatic carbocycles. The van der Waals surface area contributed by atoms with Crippen molar-refractivity contribution in [3.05, 3.63) is 65.0 Å². The molecule has 0 spiro atoms. The number of benzene rings is 2. The number of hydrogen-bond acceptors (Lipinski definition) is 4. The molecule has 2 amide bonds. The third-order valence-corrected chi connectivity index (χ3v) is 7.52. The molecule has 9 heteroatoms. The van der Waals surface area contributed by atoms with Gasteiger partial charge in [-0.2, -0.15) is 4.31 Å². The Morgan fingerprint density at radius 2 is 1.81 bits per heavy atom. The molecule has 0 saturated carbocycles. The fraction of sp³-hybridized carbons (Fsp3) is 0.391. The molecule has 1 heterocycles. The van der Waals surface area contributed by atoms with E-state index in [1.165, 1.54) is 24.0 Å². The summed E-state index contributed by atoms with van der Waals surface area (Å²) >= 11 is 0. The average molecular weight is 462 g/mol. The van der Waals surface area contributed by atoms with Crippen molar-refractivity contribution < 1.29 is 22.4 Å². The highest BCUT2D eigenvalue weighted by atomic mass is 32.2. The number of sulfonamides is 1. The number of nitrogens with zero attached hydrogens (tertiary/aromatic N) is 2. The van der Waals surface area contributed by atoms with Gasteiger partial charge in [-0.15, -0.1) is 0 Å². The highest BCUT2D eigenvalue weighted by Gasteiger charge is 2.50. The van der Waals surface area contributed by atoms with Crippen LogP contribution in [0.2, 0.25) is 0 Å². The predicted molar refractivity (Wildman–Crippen MR) is 121 cm³/mol. The van der Waals surface area contributed by atoms with Gasteiger partial charge in [0.2, 0.25) is 21.8 Å². The summed E-state index contributed by atoms with van der Waals surface area (Å²) in [6, 6.07) is 11.2. The van der Waals surface area contributed by atoms with Crippen molar-refractivity contribution >= 4 is 27.5 Å². The van der Waals surface area contributed by atoms with Gasteiger partial charge in [0.1, 0.15) is 11.4 Å². The molecule has 0 bridgehead atoms. The summed E-state index contributed by atoms with van der Waals surface area (Å²) in [6.07, 6.45) is 0.